The fourth-order valence-electron chi connectivity index (χ4n) is 3.55. The molecule has 0 aliphatic heterocycles. The van der Waals surface area contributed by atoms with Crippen molar-refractivity contribution >= 4 is 27.5 Å². The fraction of sp³-hybridized carbons (Fsp3) is 0.440. The molecule has 0 fully saturated rings. The number of methoxy groups -OCH3 is 1. The number of halogens is 1. The number of carbonyl (C=O) groups is 2. The van der Waals surface area contributed by atoms with Crippen LogP contribution >= 0.6 is 0 Å². The highest BCUT2D eigenvalue weighted by molar-refractivity contribution is 7.92. The molecule has 8 nitrogen and oxygen atoms in total. The Morgan fingerprint density at radius 2 is 1.74 bits per heavy atom. The van der Waals surface area contributed by atoms with E-state index in [0.717, 1.165) is 34.7 Å². The van der Waals surface area contributed by atoms with Crippen molar-refractivity contribution in [2.75, 3.05) is 24.2 Å². The Labute approximate surface area is 207 Å². The average molecular weight is 508 g/mol. The second kappa shape index (κ2) is 12.5. The van der Waals surface area contributed by atoms with Crippen molar-refractivity contribution in [3.63, 3.8) is 0 Å². The van der Waals surface area contributed by atoms with Crippen molar-refractivity contribution in [3.05, 3.63) is 59.9 Å². The van der Waals surface area contributed by atoms with Crippen molar-refractivity contribution < 1.29 is 27.1 Å². The van der Waals surface area contributed by atoms with Crippen LogP contribution in [0.3, 0.4) is 0 Å². The number of carbonyl (C=O) groups excluding carboxylic acids is 2. The molecule has 2 amide bonds. The van der Waals surface area contributed by atoms with Crippen LogP contribution in [0.4, 0.5) is 10.1 Å². The van der Waals surface area contributed by atoms with Crippen molar-refractivity contribution in [2.45, 2.75) is 52.2 Å². The van der Waals surface area contributed by atoms with E-state index >= 15 is 0 Å². The molecule has 0 aliphatic rings. The summed E-state index contributed by atoms with van der Waals surface area (Å²) < 4.78 is 44.7. The number of rotatable bonds is 12. The molecule has 0 spiro atoms. The van der Waals surface area contributed by atoms with Gasteiger partial charge in [0.2, 0.25) is 21.8 Å². The van der Waals surface area contributed by atoms with E-state index < -0.39 is 34.3 Å². The number of anilines is 1. The monoisotopic (exact) mass is 507 g/mol. The van der Waals surface area contributed by atoms with Crippen LogP contribution in [0.25, 0.3) is 0 Å². The van der Waals surface area contributed by atoms with E-state index in [1.165, 1.54) is 24.1 Å². The van der Waals surface area contributed by atoms with Gasteiger partial charge in [0.15, 0.2) is 0 Å². The second-order valence-electron chi connectivity index (χ2n) is 8.36. The molecular formula is C25H34FN3O5S. The van der Waals surface area contributed by atoms with Gasteiger partial charge in [0.25, 0.3) is 0 Å². The third-order valence-electron chi connectivity index (χ3n) is 5.67. The number of amides is 2. The number of nitrogens with zero attached hydrogens (tertiary/aromatic N) is 2. The van der Waals surface area contributed by atoms with E-state index in [1.54, 1.807) is 31.2 Å². The summed E-state index contributed by atoms with van der Waals surface area (Å²) in [5.41, 5.74) is 0.876. The Morgan fingerprint density at radius 1 is 1.09 bits per heavy atom. The lowest BCUT2D eigenvalue weighted by molar-refractivity contribution is -0.140. The number of sulfonamides is 1. The van der Waals surface area contributed by atoms with Crippen molar-refractivity contribution in [3.8, 4) is 5.75 Å². The molecule has 192 valence electrons. The van der Waals surface area contributed by atoms with Crippen LogP contribution in [0.15, 0.2) is 48.5 Å². The minimum atomic E-state index is -3.88. The van der Waals surface area contributed by atoms with E-state index in [2.05, 4.69) is 5.32 Å². The van der Waals surface area contributed by atoms with E-state index in [1.807, 2.05) is 13.8 Å². The highest BCUT2D eigenvalue weighted by Gasteiger charge is 2.32. The molecule has 1 N–H and O–H groups in total. The molecular weight excluding hydrogens is 473 g/mol. The highest BCUT2D eigenvalue weighted by Crippen LogP contribution is 2.21. The molecule has 35 heavy (non-hydrogen) atoms. The SMILES string of the molecule is CC[C@@H](C)NC(=O)[C@H](CC)N(Cc1cccc(OC)c1)C(=O)CN(c1ccc(F)cc1)S(C)(=O)=O. The zero-order valence-corrected chi connectivity index (χ0v) is 21.6. The molecule has 2 aromatic carbocycles. The van der Waals surface area contributed by atoms with Crippen LogP contribution in [0.2, 0.25) is 0 Å². The van der Waals surface area contributed by atoms with Gasteiger partial charge < -0.3 is 15.0 Å². The number of nitrogens with one attached hydrogen (secondary N) is 1. The van der Waals surface area contributed by atoms with Gasteiger partial charge >= 0.3 is 0 Å². The summed E-state index contributed by atoms with van der Waals surface area (Å²) >= 11 is 0. The Morgan fingerprint density at radius 3 is 2.29 bits per heavy atom. The van der Waals surface area contributed by atoms with Gasteiger partial charge in [-0.2, -0.15) is 0 Å². The predicted octanol–water partition coefficient (Wildman–Crippen LogP) is 3.32. The van der Waals surface area contributed by atoms with Crippen LogP contribution in [0, 0.1) is 5.82 Å². The minimum Gasteiger partial charge on any atom is -0.497 e. The molecule has 0 radical (unpaired) electrons. The molecule has 0 saturated heterocycles. The minimum absolute atomic E-state index is 0.0729. The van der Waals surface area contributed by atoms with Crippen LogP contribution < -0.4 is 14.4 Å². The molecule has 0 aliphatic carbocycles. The normalized spacial score (nSPS) is 13.0. The Kier molecular flexibility index (Phi) is 10.1. The lowest BCUT2D eigenvalue weighted by atomic mass is 10.1. The Hall–Kier alpha value is -3.14. The average Bonchev–Trinajstić information content (AvgIpc) is 2.82. The smallest absolute Gasteiger partial charge is 0.244 e. The predicted molar refractivity (Wildman–Crippen MR) is 134 cm³/mol. The van der Waals surface area contributed by atoms with Gasteiger partial charge in [-0.3, -0.25) is 13.9 Å². The van der Waals surface area contributed by atoms with Gasteiger partial charge in [-0.15, -0.1) is 0 Å². The first-order valence-corrected chi connectivity index (χ1v) is 13.3. The molecule has 0 saturated carbocycles. The van der Waals surface area contributed by atoms with Gasteiger partial charge in [0.1, 0.15) is 24.2 Å². The van der Waals surface area contributed by atoms with Gasteiger partial charge in [0, 0.05) is 12.6 Å². The van der Waals surface area contributed by atoms with E-state index in [4.69, 9.17) is 4.74 Å². The molecule has 0 unspecified atom stereocenters. The van der Waals surface area contributed by atoms with Crippen molar-refractivity contribution in [1.29, 1.82) is 0 Å². The maximum atomic E-state index is 13.6. The number of ether oxygens (including phenoxy) is 1. The zero-order chi connectivity index (χ0) is 26.2. The van der Waals surface area contributed by atoms with Crippen LogP contribution in [0.1, 0.15) is 39.2 Å². The third kappa shape index (κ3) is 7.95. The zero-order valence-electron chi connectivity index (χ0n) is 20.8. The van der Waals surface area contributed by atoms with E-state index in [-0.39, 0.29) is 24.2 Å². The maximum absolute atomic E-state index is 13.6. The van der Waals surface area contributed by atoms with Gasteiger partial charge in [-0.1, -0.05) is 26.0 Å². The first-order chi connectivity index (χ1) is 16.5. The molecule has 0 aromatic heterocycles. The first kappa shape index (κ1) is 28.1. The summed E-state index contributed by atoms with van der Waals surface area (Å²) in [5.74, 6) is -0.809. The largest absolute Gasteiger partial charge is 0.497 e. The van der Waals surface area contributed by atoms with Crippen LogP contribution in [-0.2, 0) is 26.2 Å². The Balaban J connectivity index is 2.44. The summed E-state index contributed by atoms with van der Waals surface area (Å²) in [7, 11) is -2.34. The lowest BCUT2D eigenvalue weighted by Crippen LogP contribution is -2.53. The first-order valence-electron chi connectivity index (χ1n) is 11.5. The van der Waals surface area contributed by atoms with Crippen molar-refractivity contribution in [1.82, 2.24) is 10.2 Å². The lowest BCUT2D eigenvalue weighted by Gasteiger charge is -2.33. The summed E-state index contributed by atoms with van der Waals surface area (Å²) in [5, 5.41) is 2.91. The standard InChI is InChI=1S/C25H34FN3O5S/c1-6-18(3)27-25(31)23(7-2)28(16-19-9-8-10-22(15-19)34-4)24(30)17-29(35(5,32)33)21-13-11-20(26)12-14-21/h8-15,18,23H,6-7,16-17H2,1-5H3,(H,27,31)/t18-,23+/m1/s1. The van der Waals surface area contributed by atoms with Crippen LogP contribution in [-0.4, -0.2) is 57.1 Å². The molecule has 2 aromatic rings. The van der Waals surface area contributed by atoms with Gasteiger partial charge in [0.05, 0.1) is 19.1 Å². The third-order valence-corrected chi connectivity index (χ3v) is 6.81. The molecule has 0 bridgehead atoms. The molecule has 2 atom stereocenters. The summed E-state index contributed by atoms with van der Waals surface area (Å²) in [6.07, 6.45) is 2.02. The molecule has 2 rings (SSSR count). The van der Waals surface area contributed by atoms with E-state index in [0.29, 0.717) is 12.2 Å². The quantitative estimate of drug-likeness (QED) is 0.476. The number of benzene rings is 2. The summed E-state index contributed by atoms with van der Waals surface area (Å²) in [6, 6.07) is 11.0. The summed E-state index contributed by atoms with van der Waals surface area (Å²) in [4.78, 5) is 28.1. The van der Waals surface area contributed by atoms with Crippen molar-refractivity contribution in [2.24, 2.45) is 0 Å². The molecule has 10 heteroatoms. The summed E-state index contributed by atoms with van der Waals surface area (Å²) in [6.45, 7) is 5.14. The van der Waals surface area contributed by atoms with Crippen LogP contribution in [0.5, 0.6) is 5.75 Å². The number of hydrogen-bond donors (Lipinski definition) is 1. The van der Waals surface area contributed by atoms with E-state index in [9.17, 15) is 22.4 Å². The van der Waals surface area contributed by atoms with Gasteiger partial charge in [-0.25, -0.2) is 12.8 Å². The van der Waals surface area contributed by atoms with Gasteiger partial charge in [-0.05, 0) is 61.7 Å². The topological polar surface area (TPSA) is 96.0 Å². The second-order valence-corrected chi connectivity index (χ2v) is 10.3. The maximum Gasteiger partial charge on any atom is 0.244 e. The number of hydrogen-bond acceptors (Lipinski definition) is 5. The Bertz CT molecular complexity index is 1110. The molecule has 0 heterocycles. The highest BCUT2D eigenvalue weighted by atomic mass is 32.2. The fourth-order valence-corrected chi connectivity index (χ4v) is 4.40.